The molecule has 3 aromatic rings. The number of carbonyl (C=O) groups excluding carboxylic acids is 1. The summed E-state index contributed by atoms with van der Waals surface area (Å²) in [6.45, 7) is 0. The summed E-state index contributed by atoms with van der Waals surface area (Å²) in [5.41, 5.74) is 1.63. The SMILES string of the molecule is Cn1cccc1C(=O)n1ccc2ccccc21. The van der Waals surface area contributed by atoms with Crippen molar-refractivity contribution in [1.29, 1.82) is 0 Å². The topological polar surface area (TPSA) is 26.9 Å². The summed E-state index contributed by atoms with van der Waals surface area (Å²) in [5, 5.41) is 1.08. The molecule has 3 rings (SSSR count). The fourth-order valence-corrected chi connectivity index (χ4v) is 2.07. The van der Waals surface area contributed by atoms with Crippen molar-refractivity contribution in [2.24, 2.45) is 7.05 Å². The third-order valence-electron chi connectivity index (χ3n) is 2.98. The first-order chi connectivity index (χ1) is 8.27. The van der Waals surface area contributed by atoms with E-state index in [1.807, 2.05) is 66.5 Å². The van der Waals surface area contributed by atoms with Gasteiger partial charge in [0.25, 0.3) is 5.91 Å². The van der Waals surface area contributed by atoms with E-state index >= 15 is 0 Å². The van der Waals surface area contributed by atoms with Crippen LogP contribution in [0.25, 0.3) is 10.9 Å². The lowest BCUT2D eigenvalue weighted by atomic mass is 10.2. The maximum Gasteiger partial charge on any atom is 0.278 e. The summed E-state index contributed by atoms with van der Waals surface area (Å²) >= 11 is 0. The maximum atomic E-state index is 12.3. The van der Waals surface area contributed by atoms with Gasteiger partial charge in [-0.2, -0.15) is 0 Å². The van der Waals surface area contributed by atoms with Crippen LogP contribution in [-0.2, 0) is 7.05 Å². The van der Waals surface area contributed by atoms with Crippen molar-refractivity contribution >= 4 is 16.8 Å². The molecule has 84 valence electrons. The molecule has 0 saturated heterocycles. The molecule has 0 aliphatic carbocycles. The smallest absolute Gasteiger partial charge is 0.278 e. The van der Waals surface area contributed by atoms with Crippen LogP contribution in [0.3, 0.4) is 0 Å². The fourth-order valence-electron chi connectivity index (χ4n) is 2.07. The van der Waals surface area contributed by atoms with E-state index in [4.69, 9.17) is 0 Å². The Morgan fingerprint density at radius 1 is 1.00 bits per heavy atom. The Morgan fingerprint density at radius 2 is 1.82 bits per heavy atom. The van der Waals surface area contributed by atoms with Crippen molar-refractivity contribution in [1.82, 2.24) is 9.13 Å². The van der Waals surface area contributed by atoms with Gasteiger partial charge in [-0.25, -0.2) is 0 Å². The molecule has 0 aliphatic heterocycles. The number of para-hydroxylation sites is 1. The average Bonchev–Trinajstić information content (AvgIpc) is 2.94. The second-order valence-corrected chi connectivity index (χ2v) is 4.05. The van der Waals surface area contributed by atoms with Crippen LogP contribution < -0.4 is 0 Å². The van der Waals surface area contributed by atoms with Crippen molar-refractivity contribution in [2.75, 3.05) is 0 Å². The van der Waals surface area contributed by atoms with Gasteiger partial charge >= 0.3 is 0 Å². The highest BCUT2D eigenvalue weighted by atomic mass is 16.2. The van der Waals surface area contributed by atoms with Gasteiger partial charge in [0.1, 0.15) is 5.69 Å². The zero-order valence-electron chi connectivity index (χ0n) is 9.50. The Kier molecular flexibility index (Phi) is 2.11. The molecular weight excluding hydrogens is 212 g/mol. The molecule has 17 heavy (non-hydrogen) atoms. The lowest BCUT2D eigenvalue weighted by Crippen LogP contribution is -2.14. The molecule has 0 unspecified atom stereocenters. The summed E-state index contributed by atoms with van der Waals surface area (Å²) < 4.78 is 3.52. The van der Waals surface area contributed by atoms with Gasteiger partial charge in [0.05, 0.1) is 5.52 Å². The van der Waals surface area contributed by atoms with Gasteiger partial charge in [-0.1, -0.05) is 18.2 Å². The molecule has 1 aromatic carbocycles. The summed E-state index contributed by atoms with van der Waals surface area (Å²) in [6, 6.07) is 13.5. The van der Waals surface area contributed by atoms with E-state index in [2.05, 4.69) is 0 Å². The van der Waals surface area contributed by atoms with E-state index in [0.717, 1.165) is 10.9 Å². The fraction of sp³-hybridized carbons (Fsp3) is 0.0714. The number of rotatable bonds is 1. The van der Waals surface area contributed by atoms with Gasteiger partial charge in [0.15, 0.2) is 0 Å². The molecule has 0 aliphatic rings. The van der Waals surface area contributed by atoms with Crippen LogP contribution in [0.5, 0.6) is 0 Å². The van der Waals surface area contributed by atoms with Crippen LogP contribution >= 0.6 is 0 Å². The van der Waals surface area contributed by atoms with Crippen LogP contribution in [0.15, 0.2) is 54.9 Å². The monoisotopic (exact) mass is 224 g/mol. The number of fused-ring (bicyclic) bond motifs is 1. The molecule has 3 nitrogen and oxygen atoms in total. The highest BCUT2D eigenvalue weighted by molar-refractivity contribution is 6.01. The number of benzene rings is 1. The summed E-state index contributed by atoms with van der Waals surface area (Å²) in [4.78, 5) is 12.3. The summed E-state index contributed by atoms with van der Waals surface area (Å²) in [6.07, 6.45) is 3.69. The van der Waals surface area contributed by atoms with Gasteiger partial charge in [-0.05, 0) is 24.3 Å². The average molecular weight is 224 g/mol. The number of aromatic nitrogens is 2. The largest absolute Gasteiger partial charge is 0.347 e. The first kappa shape index (κ1) is 9.90. The van der Waals surface area contributed by atoms with Gasteiger partial charge in [-0.3, -0.25) is 9.36 Å². The molecule has 0 amide bonds. The zero-order chi connectivity index (χ0) is 11.8. The molecule has 0 radical (unpaired) electrons. The lowest BCUT2D eigenvalue weighted by Gasteiger charge is -2.05. The first-order valence-electron chi connectivity index (χ1n) is 5.49. The molecule has 2 heterocycles. The molecule has 0 spiro atoms. The second kappa shape index (κ2) is 3.63. The maximum absolute atomic E-state index is 12.3. The number of nitrogens with zero attached hydrogens (tertiary/aromatic N) is 2. The number of hydrogen-bond donors (Lipinski definition) is 0. The highest BCUT2D eigenvalue weighted by Crippen LogP contribution is 2.16. The third-order valence-corrected chi connectivity index (χ3v) is 2.98. The highest BCUT2D eigenvalue weighted by Gasteiger charge is 2.13. The van der Waals surface area contributed by atoms with Crippen LogP contribution in [-0.4, -0.2) is 15.0 Å². The van der Waals surface area contributed by atoms with Crippen LogP contribution in [0.4, 0.5) is 0 Å². The van der Waals surface area contributed by atoms with Crippen molar-refractivity contribution < 1.29 is 4.79 Å². The number of aryl methyl sites for hydroxylation is 1. The van der Waals surface area contributed by atoms with Crippen molar-refractivity contribution in [3.63, 3.8) is 0 Å². The standard InChI is InChI=1S/C14H12N2O/c1-15-9-4-7-13(15)14(17)16-10-8-11-5-2-3-6-12(11)16/h2-10H,1H3. The third kappa shape index (κ3) is 1.47. The Bertz CT molecular complexity index is 691. The molecule has 0 saturated carbocycles. The summed E-state index contributed by atoms with van der Waals surface area (Å²) in [7, 11) is 1.87. The second-order valence-electron chi connectivity index (χ2n) is 4.05. The molecular formula is C14H12N2O. The zero-order valence-corrected chi connectivity index (χ0v) is 9.50. The van der Waals surface area contributed by atoms with Crippen LogP contribution in [0, 0.1) is 0 Å². The minimum absolute atomic E-state index is 0.00120. The Labute approximate surface area is 98.9 Å². The van der Waals surface area contributed by atoms with Crippen LogP contribution in [0.1, 0.15) is 10.5 Å². The van der Waals surface area contributed by atoms with Gasteiger partial charge in [0.2, 0.25) is 0 Å². The molecule has 2 aromatic heterocycles. The lowest BCUT2D eigenvalue weighted by molar-refractivity contribution is 0.0957. The van der Waals surface area contributed by atoms with Gasteiger partial charge in [0, 0.05) is 24.8 Å². The van der Waals surface area contributed by atoms with Crippen molar-refractivity contribution in [3.8, 4) is 0 Å². The normalized spacial score (nSPS) is 10.9. The minimum atomic E-state index is -0.00120. The van der Waals surface area contributed by atoms with Crippen molar-refractivity contribution in [3.05, 3.63) is 60.6 Å². The molecule has 0 bridgehead atoms. The summed E-state index contributed by atoms with van der Waals surface area (Å²) in [5.74, 6) is -0.00120. The molecule has 0 fully saturated rings. The van der Waals surface area contributed by atoms with Gasteiger partial charge in [-0.15, -0.1) is 0 Å². The van der Waals surface area contributed by atoms with E-state index in [0.29, 0.717) is 5.69 Å². The first-order valence-corrected chi connectivity index (χ1v) is 5.49. The van der Waals surface area contributed by atoms with E-state index in [-0.39, 0.29) is 5.91 Å². The van der Waals surface area contributed by atoms with E-state index in [1.165, 1.54) is 0 Å². The Morgan fingerprint density at radius 3 is 2.59 bits per heavy atom. The Hall–Kier alpha value is -2.29. The van der Waals surface area contributed by atoms with Crippen LogP contribution in [0.2, 0.25) is 0 Å². The molecule has 0 atom stereocenters. The van der Waals surface area contributed by atoms with Crippen molar-refractivity contribution in [2.45, 2.75) is 0 Å². The predicted octanol–water partition coefficient (Wildman–Crippen LogP) is 2.67. The van der Waals surface area contributed by atoms with E-state index in [1.54, 1.807) is 4.57 Å². The number of hydrogen-bond acceptors (Lipinski definition) is 1. The molecule has 3 heteroatoms. The van der Waals surface area contributed by atoms with E-state index < -0.39 is 0 Å². The molecule has 0 N–H and O–H groups in total. The Balaban J connectivity index is 2.17. The predicted molar refractivity (Wildman–Crippen MR) is 67.1 cm³/mol. The van der Waals surface area contributed by atoms with E-state index in [9.17, 15) is 4.79 Å². The quantitative estimate of drug-likeness (QED) is 0.624. The van der Waals surface area contributed by atoms with Gasteiger partial charge < -0.3 is 4.57 Å². The minimum Gasteiger partial charge on any atom is -0.347 e. The number of carbonyl (C=O) groups is 1.